The minimum atomic E-state index is -0.833. The van der Waals surface area contributed by atoms with Gasteiger partial charge >= 0.3 is 6.03 Å². The van der Waals surface area contributed by atoms with Crippen LogP contribution in [0.4, 0.5) is 4.79 Å². The third-order valence-corrected chi connectivity index (χ3v) is 4.50. The predicted molar refractivity (Wildman–Crippen MR) is 97.4 cm³/mol. The Balaban J connectivity index is 0.000000648. The van der Waals surface area contributed by atoms with Crippen molar-refractivity contribution in [3.05, 3.63) is 29.8 Å². The Bertz CT molecular complexity index is 518. The Kier molecular flexibility index (Phi) is 9.26. The second-order valence-electron chi connectivity index (χ2n) is 5.76. The fraction of sp³-hybridized carbons (Fsp3) is 0.529. The molecule has 0 aliphatic carbocycles. The van der Waals surface area contributed by atoms with Crippen LogP contribution in [0.1, 0.15) is 25.3 Å². The van der Waals surface area contributed by atoms with Gasteiger partial charge in [-0.05, 0) is 37.7 Å². The number of benzene rings is 1. The highest BCUT2D eigenvalue weighted by Gasteiger charge is 2.22. The van der Waals surface area contributed by atoms with Gasteiger partial charge in [0.25, 0.3) is 5.97 Å². The lowest BCUT2D eigenvalue weighted by atomic mass is 10.2. The molecule has 0 aromatic heterocycles. The molecule has 1 atom stereocenters. The van der Waals surface area contributed by atoms with Crippen LogP contribution in [0, 0.1) is 6.92 Å². The number of thioether (sulfide) groups is 1. The molecule has 134 valence electrons. The smallest absolute Gasteiger partial charge is 0.317 e. The molecule has 4 N–H and O–H groups in total. The summed E-state index contributed by atoms with van der Waals surface area (Å²) in [6.45, 7) is 5.37. The number of carboxylic acid groups (broad SMARTS) is 1. The first-order valence-electron chi connectivity index (χ1n) is 8.06. The predicted octanol–water partition coefficient (Wildman–Crippen LogP) is 2.31. The molecule has 24 heavy (non-hydrogen) atoms. The van der Waals surface area contributed by atoms with E-state index in [2.05, 4.69) is 36.5 Å². The largest absolute Gasteiger partial charge is 0.481 e. The number of nitrogens with zero attached hydrogens (tertiary/aromatic N) is 1. The number of rotatable bonds is 5. The Morgan fingerprint density at radius 2 is 2.00 bits per heavy atom. The van der Waals surface area contributed by atoms with E-state index < -0.39 is 5.97 Å². The fourth-order valence-electron chi connectivity index (χ4n) is 2.18. The fourth-order valence-corrected chi connectivity index (χ4v) is 3.03. The van der Waals surface area contributed by atoms with E-state index in [9.17, 15) is 4.79 Å². The van der Waals surface area contributed by atoms with E-state index in [0.29, 0.717) is 6.54 Å². The van der Waals surface area contributed by atoms with E-state index >= 15 is 0 Å². The first-order valence-corrected chi connectivity index (χ1v) is 9.04. The summed E-state index contributed by atoms with van der Waals surface area (Å²) >= 11 is 1.83. The molecule has 0 spiro atoms. The lowest BCUT2D eigenvalue weighted by Gasteiger charge is -2.16. The van der Waals surface area contributed by atoms with Crippen LogP contribution < -0.4 is 11.1 Å². The number of urea groups is 1. The molecule has 1 heterocycles. The van der Waals surface area contributed by atoms with Crippen molar-refractivity contribution < 1.29 is 14.7 Å². The van der Waals surface area contributed by atoms with E-state index in [1.807, 2.05) is 11.8 Å². The number of nitrogens with two attached hydrogens (primary N) is 1. The topological polar surface area (TPSA) is 95.7 Å². The van der Waals surface area contributed by atoms with Gasteiger partial charge in [0, 0.05) is 37.5 Å². The van der Waals surface area contributed by atoms with Crippen LogP contribution >= 0.6 is 11.8 Å². The van der Waals surface area contributed by atoms with Crippen LogP contribution in [0.2, 0.25) is 0 Å². The number of aryl methyl sites for hydroxylation is 1. The van der Waals surface area contributed by atoms with Gasteiger partial charge in [-0.25, -0.2) is 4.79 Å². The molecular weight excluding hydrogens is 326 g/mol. The molecule has 1 saturated heterocycles. The van der Waals surface area contributed by atoms with Gasteiger partial charge < -0.3 is 21.1 Å². The molecule has 6 nitrogen and oxygen atoms in total. The van der Waals surface area contributed by atoms with Gasteiger partial charge in [0.1, 0.15) is 0 Å². The van der Waals surface area contributed by atoms with Crippen molar-refractivity contribution in [2.75, 3.05) is 25.4 Å². The number of likely N-dealkylation sites (tertiary alicyclic amines) is 1. The van der Waals surface area contributed by atoms with Crippen molar-refractivity contribution in [2.24, 2.45) is 5.73 Å². The quantitative estimate of drug-likeness (QED) is 0.558. The Labute approximate surface area is 147 Å². The van der Waals surface area contributed by atoms with Crippen LogP contribution in [0.5, 0.6) is 0 Å². The molecule has 0 bridgehead atoms. The molecule has 1 aliphatic heterocycles. The number of carbonyl (C=O) groups is 2. The van der Waals surface area contributed by atoms with E-state index in [1.165, 1.54) is 10.5 Å². The normalized spacial score (nSPS) is 16.3. The minimum absolute atomic E-state index is 0.0262. The SMILES string of the molecule is CC(=O)O.Cc1ccc(SCCCNC(=O)N2CCC(N)C2)cc1. The molecule has 0 saturated carbocycles. The van der Waals surface area contributed by atoms with Crippen molar-refractivity contribution in [1.29, 1.82) is 0 Å². The summed E-state index contributed by atoms with van der Waals surface area (Å²) in [7, 11) is 0. The Morgan fingerprint density at radius 1 is 1.38 bits per heavy atom. The lowest BCUT2D eigenvalue weighted by Crippen LogP contribution is -2.40. The third kappa shape index (κ3) is 8.79. The number of carbonyl (C=O) groups excluding carboxylic acids is 1. The van der Waals surface area contributed by atoms with Crippen LogP contribution in [0.3, 0.4) is 0 Å². The number of amides is 2. The van der Waals surface area contributed by atoms with Crippen LogP contribution in [-0.4, -0.2) is 53.4 Å². The highest BCUT2D eigenvalue weighted by Crippen LogP contribution is 2.18. The zero-order chi connectivity index (χ0) is 17.9. The summed E-state index contributed by atoms with van der Waals surface area (Å²) in [5.74, 6) is 0.183. The molecule has 7 heteroatoms. The van der Waals surface area contributed by atoms with Gasteiger partial charge in [0.15, 0.2) is 0 Å². The number of nitrogens with one attached hydrogen (secondary N) is 1. The second kappa shape index (κ2) is 10.9. The van der Waals surface area contributed by atoms with Crippen molar-refractivity contribution in [1.82, 2.24) is 10.2 Å². The van der Waals surface area contributed by atoms with Crippen molar-refractivity contribution in [2.45, 2.75) is 37.6 Å². The van der Waals surface area contributed by atoms with Gasteiger partial charge in [0.2, 0.25) is 0 Å². The van der Waals surface area contributed by atoms with E-state index in [-0.39, 0.29) is 12.1 Å². The molecule has 1 fully saturated rings. The number of carboxylic acids is 1. The summed E-state index contributed by atoms with van der Waals surface area (Å²) in [6.07, 6.45) is 1.89. The summed E-state index contributed by atoms with van der Waals surface area (Å²) in [5.41, 5.74) is 7.07. The van der Waals surface area contributed by atoms with Crippen molar-refractivity contribution in [3.63, 3.8) is 0 Å². The molecule has 1 unspecified atom stereocenters. The molecule has 2 amide bonds. The van der Waals surface area contributed by atoms with Crippen LogP contribution in [-0.2, 0) is 4.79 Å². The van der Waals surface area contributed by atoms with Gasteiger partial charge in [-0.2, -0.15) is 0 Å². The molecule has 1 aliphatic rings. The maximum Gasteiger partial charge on any atom is 0.317 e. The average Bonchev–Trinajstić information content (AvgIpc) is 2.95. The summed E-state index contributed by atoms with van der Waals surface area (Å²) < 4.78 is 0. The van der Waals surface area contributed by atoms with Crippen LogP contribution in [0.15, 0.2) is 29.2 Å². The van der Waals surface area contributed by atoms with Gasteiger partial charge in [0.05, 0.1) is 0 Å². The summed E-state index contributed by atoms with van der Waals surface area (Å²) in [5, 5.41) is 10.4. The van der Waals surface area contributed by atoms with Crippen molar-refractivity contribution >= 4 is 23.8 Å². The van der Waals surface area contributed by atoms with Crippen LogP contribution in [0.25, 0.3) is 0 Å². The maximum absolute atomic E-state index is 11.8. The number of aliphatic carboxylic acids is 1. The monoisotopic (exact) mass is 353 g/mol. The number of hydrogen-bond donors (Lipinski definition) is 3. The maximum atomic E-state index is 11.8. The second-order valence-corrected chi connectivity index (χ2v) is 6.93. The zero-order valence-corrected chi connectivity index (χ0v) is 15.1. The summed E-state index contributed by atoms with van der Waals surface area (Å²) in [6, 6.07) is 8.71. The molecular formula is C17H27N3O3S. The lowest BCUT2D eigenvalue weighted by molar-refractivity contribution is -0.134. The van der Waals surface area contributed by atoms with E-state index in [4.69, 9.17) is 15.6 Å². The first-order chi connectivity index (χ1) is 11.4. The van der Waals surface area contributed by atoms with E-state index in [1.54, 1.807) is 4.90 Å². The standard InChI is InChI=1S/C15H23N3OS.C2H4O2/c1-12-3-5-14(6-4-12)20-10-2-8-17-15(19)18-9-7-13(16)11-18;1-2(3)4/h3-6,13H,2,7-11,16H2,1H3,(H,17,19);1H3,(H,3,4). The average molecular weight is 353 g/mol. The Hall–Kier alpha value is -1.73. The van der Waals surface area contributed by atoms with Gasteiger partial charge in [-0.15, -0.1) is 11.8 Å². The minimum Gasteiger partial charge on any atom is -0.481 e. The molecule has 0 radical (unpaired) electrons. The highest BCUT2D eigenvalue weighted by molar-refractivity contribution is 7.99. The zero-order valence-electron chi connectivity index (χ0n) is 14.3. The molecule has 1 aromatic rings. The van der Waals surface area contributed by atoms with Crippen molar-refractivity contribution in [3.8, 4) is 0 Å². The van der Waals surface area contributed by atoms with Gasteiger partial charge in [-0.1, -0.05) is 17.7 Å². The Morgan fingerprint density at radius 3 is 2.54 bits per heavy atom. The van der Waals surface area contributed by atoms with Gasteiger partial charge in [-0.3, -0.25) is 4.79 Å². The molecule has 1 aromatic carbocycles. The third-order valence-electron chi connectivity index (χ3n) is 3.40. The first kappa shape index (κ1) is 20.3. The number of hydrogen-bond acceptors (Lipinski definition) is 4. The summed E-state index contributed by atoms with van der Waals surface area (Å²) in [4.78, 5) is 23.9. The highest BCUT2D eigenvalue weighted by atomic mass is 32.2. The molecule has 2 rings (SSSR count). The van der Waals surface area contributed by atoms with E-state index in [0.717, 1.165) is 38.6 Å².